The highest BCUT2D eigenvalue weighted by molar-refractivity contribution is 6.17. The van der Waals surface area contributed by atoms with Crippen molar-refractivity contribution in [3.8, 4) is 0 Å². The van der Waals surface area contributed by atoms with Crippen LogP contribution in [0.3, 0.4) is 0 Å². The average Bonchev–Trinajstić information content (AvgIpc) is 1.85. The standard InChI is InChI=1S/C5H8ClNO2/c1-5(7-4-8)9-3-2-6/h5H,2-3H2,1H3. The first kappa shape index (κ1) is 8.63. The fourth-order valence-electron chi connectivity index (χ4n) is 0.327. The monoisotopic (exact) mass is 149 g/mol. The molecule has 1 unspecified atom stereocenters. The van der Waals surface area contributed by atoms with Gasteiger partial charge >= 0.3 is 0 Å². The van der Waals surface area contributed by atoms with Gasteiger partial charge in [0, 0.05) is 5.88 Å². The van der Waals surface area contributed by atoms with Crippen molar-refractivity contribution in [2.75, 3.05) is 12.5 Å². The zero-order valence-corrected chi connectivity index (χ0v) is 5.89. The lowest BCUT2D eigenvalue weighted by Crippen LogP contribution is -2.06. The van der Waals surface area contributed by atoms with Gasteiger partial charge in [-0.3, -0.25) is 0 Å². The van der Waals surface area contributed by atoms with Gasteiger partial charge in [0.15, 0.2) is 6.23 Å². The second-order valence-electron chi connectivity index (χ2n) is 1.38. The van der Waals surface area contributed by atoms with Crippen molar-refractivity contribution in [3.63, 3.8) is 0 Å². The largest absolute Gasteiger partial charge is 0.355 e. The van der Waals surface area contributed by atoms with Crippen LogP contribution in [0.2, 0.25) is 0 Å². The fraction of sp³-hybridized carbons (Fsp3) is 0.800. The second-order valence-corrected chi connectivity index (χ2v) is 1.76. The van der Waals surface area contributed by atoms with Crippen molar-refractivity contribution in [2.24, 2.45) is 4.99 Å². The Morgan fingerprint density at radius 2 is 2.56 bits per heavy atom. The van der Waals surface area contributed by atoms with Crippen LogP contribution in [-0.4, -0.2) is 24.8 Å². The molecule has 0 saturated heterocycles. The summed E-state index contributed by atoms with van der Waals surface area (Å²) in [4.78, 5) is 12.8. The zero-order valence-electron chi connectivity index (χ0n) is 5.13. The van der Waals surface area contributed by atoms with Crippen LogP contribution >= 0.6 is 11.6 Å². The number of aliphatic imine (C=N–C) groups is 1. The summed E-state index contributed by atoms with van der Waals surface area (Å²) >= 11 is 5.28. The minimum atomic E-state index is -0.416. The third-order valence-corrected chi connectivity index (χ3v) is 0.825. The van der Waals surface area contributed by atoms with Gasteiger partial charge < -0.3 is 4.74 Å². The van der Waals surface area contributed by atoms with Gasteiger partial charge in [-0.15, -0.1) is 11.6 Å². The first-order valence-electron chi connectivity index (χ1n) is 2.55. The molecule has 0 aromatic heterocycles. The maximum absolute atomic E-state index is 9.57. The number of ether oxygens (including phenoxy) is 1. The van der Waals surface area contributed by atoms with Gasteiger partial charge in [0.1, 0.15) is 0 Å². The van der Waals surface area contributed by atoms with Crippen LogP contribution in [-0.2, 0) is 9.53 Å². The summed E-state index contributed by atoms with van der Waals surface area (Å²) in [5.74, 6) is 0.415. The van der Waals surface area contributed by atoms with E-state index in [0.717, 1.165) is 0 Å². The number of hydrogen-bond acceptors (Lipinski definition) is 3. The molecule has 4 heteroatoms. The van der Waals surface area contributed by atoms with Crippen molar-refractivity contribution in [3.05, 3.63) is 0 Å². The van der Waals surface area contributed by atoms with Gasteiger partial charge in [-0.25, -0.2) is 4.79 Å². The molecule has 0 aliphatic rings. The smallest absolute Gasteiger partial charge is 0.237 e. The lowest BCUT2D eigenvalue weighted by atomic mass is 10.7. The van der Waals surface area contributed by atoms with Crippen LogP contribution in [0.5, 0.6) is 0 Å². The summed E-state index contributed by atoms with van der Waals surface area (Å²) in [6, 6.07) is 0. The Morgan fingerprint density at radius 1 is 1.89 bits per heavy atom. The molecule has 0 bridgehead atoms. The van der Waals surface area contributed by atoms with Crippen LogP contribution in [0, 0.1) is 0 Å². The van der Waals surface area contributed by atoms with Crippen LogP contribution in [0.15, 0.2) is 4.99 Å². The normalized spacial score (nSPS) is 12.2. The molecule has 1 atom stereocenters. The molecular weight excluding hydrogens is 142 g/mol. The molecule has 0 saturated carbocycles. The third-order valence-electron chi connectivity index (χ3n) is 0.671. The Bertz CT molecular complexity index is 112. The number of nitrogens with zero attached hydrogens (tertiary/aromatic N) is 1. The molecule has 0 aliphatic carbocycles. The number of rotatable bonds is 4. The molecule has 0 amide bonds. The number of hydrogen-bond donors (Lipinski definition) is 0. The molecule has 0 spiro atoms. The quantitative estimate of drug-likeness (QED) is 0.339. The van der Waals surface area contributed by atoms with E-state index in [1.807, 2.05) is 0 Å². The van der Waals surface area contributed by atoms with Gasteiger partial charge in [0.2, 0.25) is 6.08 Å². The van der Waals surface area contributed by atoms with Crippen molar-refractivity contribution in [1.29, 1.82) is 0 Å². The SMILES string of the molecule is CC(N=C=O)OCCCl. The third kappa shape index (κ3) is 5.50. The molecule has 0 aromatic carbocycles. The predicted molar refractivity (Wildman–Crippen MR) is 34.3 cm³/mol. The summed E-state index contributed by atoms with van der Waals surface area (Å²) in [6.07, 6.45) is 0.968. The summed E-state index contributed by atoms with van der Waals surface area (Å²) in [5, 5.41) is 0. The summed E-state index contributed by atoms with van der Waals surface area (Å²) < 4.78 is 4.87. The van der Waals surface area contributed by atoms with Crippen molar-refractivity contribution < 1.29 is 9.53 Å². The van der Waals surface area contributed by atoms with Gasteiger partial charge in [-0.05, 0) is 6.92 Å². The summed E-state index contributed by atoms with van der Waals surface area (Å²) in [6.45, 7) is 2.06. The van der Waals surface area contributed by atoms with E-state index in [4.69, 9.17) is 16.3 Å². The lowest BCUT2D eigenvalue weighted by Gasteiger charge is -2.01. The van der Waals surface area contributed by atoms with Crippen molar-refractivity contribution in [1.82, 2.24) is 0 Å². The zero-order chi connectivity index (χ0) is 7.11. The van der Waals surface area contributed by atoms with Crippen LogP contribution in [0.4, 0.5) is 0 Å². The van der Waals surface area contributed by atoms with Gasteiger partial charge in [-0.2, -0.15) is 4.99 Å². The van der Waals surface area contributed by atoms with E-state index in [9.17, 15) is 4.79 Å². The molecule has 0 rings (SSSR count). The average molecular weight is 150 g/mol. The Labute approximate surface area is 58.7 Å². The van der Waals surface area contributed by atoms with E-state index >= 15 is 0 Å². The van der Waals surface area contributed by atoms with Crippen molar-refractivity contribution >= 4 is 17.7 Å². The minimum Gasteiger partial charge on any atom is -0.355 e. The van der Waals surface area contributed by atoms with Gasteiger partial charge in [0.05, 0.1) is 6.61 Å². The number of carbonyl (C=O) groups excluding carboxylic acids is 1. The molecule has 0 N–H and O–H groups in total. The molecule has 9 heavy (non-hydrogen) atoms. The molecule has 0 aromatic rings. The van der Waals surface area contributed by atoms with Crippen molar-refractivity contribution in [2.45, 2.75) is 13.2 Å². The Morgan fingerprint density at radius 3 is 3.00 bits per heavy atom. The number of halogens is 1. The van der Waals surface area contributed by atoms with Gasteiger partial charge in [-0.1, -0.05) is 0 Å². The molecule has 0 aliphatic heterocycles. The second kappa shape index (κ2) is 5.76. The fourth-order valence-corrected chi connectivity index (χ4v) is 0.416. The van der Waals surface area contributed by atoms with E-state index in [1.54, 1.807) is 6.92 Å². The van der Waals surface area contributed by atoms with Gasteiger partial charge in [0.25, 0.3) is 0 Å². The molecule has 52 valence electrons. The van der Waals surface area contributed by atoms with Crippen LogP contribution in [0.25, 0.3) is 0 Å². The highest BCUT2D eigenvalue weighted by atomic mass is 35.5. The Balaban J connectivity index is 3.26. The van der Waals surface area contributed by atoms with E-state index in [1.165, 1.54) is 6.08 Å². The first-order valence-corrected chi connectivity index (χ1v) is 3.09. The minimum absolute atomic E-state index is 0.411. The highest BCUT2D eigenvalue weighted by Gasteiger charge is 1.94. The lowest BCUT2D eigenvalue weighted by molar-refractivity contribution is 0.0846. The molecule has 0 fully saturated rings. The maximum Gasteiger partial charge on any atom is 0.237 e. The van der Waals surface area contributed by atoms with E-state index in [-0.39, 0.29) is 0 Å². The number of isocyanates is 1. The van der Waals surface area contributed by atoms with Crippen LogP contribution < -0.4 is 0 Å². The highest BCUT2D eigenvalue weighted by Crippen LogP contribution is 1.90. The summed E-state index contributed by atoms with van der Waals surface area (Å²) in [7, 11) is 0. The van der Waals surface area contributed by atoms with Crippen LogP contribution in [0.1, 0.15) is 6.92 Å². The molecule has 0 radical (unpaired) electrons. The van der Waals surface area contributed by atoms with E-state index in [2.05, 4.69) is 4.99 Å². The molecular formula is C5H8ClNO2. The predicted octanol–water partition coefficient (Wildman–Crippen LogP) is 0.924. The number of alkyl halides is 1. The molecule has 3 nitrogen and oxygen atoms in total. The Kier molecular flexibility index (Phi) is 5.52. The van der Waals surface area contributed by atoms with E-state index < -0.39 is 6.23 Å². The van der Waals surface area contributed by atoms with E-state index in [0.29, 0.717) is 12.5 Å². The Hall–Kier alpha value is -0.370. The maximum atomic E-state index is 9.57. The molecule has 0 heterocycles. The first-order chi connectivity index (χ1) is 4.31. The topological polar surface area (TPSA) is 38.7 Å². The summed E-state index contributed by atoms with van der Waals surface area (Å²) in [5.41, 5.74) is 0.